The molecule has 1 aromatic carbocycles. The van der Waals surface area contributed by atoms with Gasteiger partial charge in [-0.25, -0.2) is 13.4 Å². The molecule has 9 nitrogen and oxygen atoms in total. The normalized spacial score (nSPS) is 15.8. The van der Waals surface area contributed by atoms with Gasteiger partial charge in [0, 0.05) is 64.2 Å². The molecule has 3 aromatic heterocycles. The Labute approximate surface area is 276 Å². The van der Waals surface area contributed by atoms with E-state index >= 15 is 0 Å². The number of fused-ring (bicyclic) bond motifs is 1. The molecule has 0 spiro atoms. The lowest BCUT2D eigenvalue weighted by atomic mass is 9.91. The monoisotopic (exact) mass is 679 g/mol. The molecular weight excluding hydrogens is 631 g/mol. The van der Waals surface area contributed by atoms with E-state index in [9.17, 15) is 8.42 Å². The Morgan fingerprint density at radius 3 is 2.04 bits per heavy atom. The number of pyridine rings is 1. The van der Waals surface area contributed by atoms with E-state index < -0.39 is 26.0 Å². The lowest BCUT2D eigenvalue weighted by Gasteiger charge is -2.31. The number of benzene rings is 1. The molecule has 0 atom stereocenters. The molecule has 0 unspecified atom stereocenters. The van der Waals surface area contributed by atoms with Crippen LogP contribution in [0.25, 0.3) is 28.0 Å². The number of hydrogen-bond acceptors (Lipinski definition) is 8. The number of ether oxygens (including phenoxy) is 2. The smallest absolute Gasteiger partial charge is 0.157 e. The molecule has 12 heteroatoms. The highest BCUT2D eigenvalue weighted by atomic mass is 32.2. The van der Waals surface area contributed by atoms with Crippen molar-refractivity contribution in [3.63, 3.8) is 0 Å². The van der Waals surface area contributed by atoms with Gasteiger partial charge in [0.15, 0.2) is 5.65 Å². The predicted octanol–water partition coefficient (Wildman–Crippen LogP) is 7.18. The molecule has 4 heterocycles. The van der Waals surface area contributed by atoms with Gasteiger partial charge in [0.25, 0.3) is 0 Å². The van der Waals surface area contributed by atoms with Crippen LogP contribution in [-0.4, -0.2) is 82.3 Å². The van der Waals surface area contributed by atoms with Crippen molar-refractivity contribution < 1.29 is 17.9 Å². The molecule has 0 aliphatic carbocycles. The first kappa shape index (κ1) is 34.4. The third-order valence-corrected chi connectivity index (χ3v) is 13.5. The molecule has 248 valence electrons. The van der Waals surface area contributed by atoms with E-state index in [0.717, 1.165) is 46.0 Å². The summed E-state index contributed by atoms with van der Waals surface area (Å²) in [6.07, 6.45) is 4.72. The minimum absolute atomic E-state index is 0.0200. The van der Waals surface area contributed by atoms with E-state index in [-0.39, 0.29) is 17.4 Å². The first-order chi connectivity index (χ1) is 21.8. The lowest BCUT2D eigenvalue weighted by molar-refractivity contribution is 0.0943. The van der Waals surface area contributed by atoms with Crippen LogP contribution in [-0.2, 0) is 19.3 Å². The van der Waals surface area contributed by atoms with Crippen molar-refractivity contribution in [3.05, 3.63) is 66.6 Å². The summed E-state index contributed by atoms with van der Waals surface area (Å²) in [7, 11) is -5.63. The zero-order chi connectivity index (χ0) is 33.0. The number of rotatable bonds is 14. The Bertz CT molecular complexity index is 1670. The maximum Gasteiger partial charge on any atom is 0.157 e. The summed E-state index contributed by atoms with van der Waals surface area (Å²) < 4.78 is 39.5. The van der Waals surface area contributed by atoms with Crippen molar-refractivity contribution in [3.8, 4) is 22.4 Å². The lowest BCUT2D eigenvalue weighted by Crippen LogP contribution is -2.34. The van der Waals surface area contributed by atoms with Crippen molar-refractivity contribution in [2.75, 3.05) is 43.1 Å². The Morgan fingerprint density at radius 1 is 0.848 bits per heavy atom. The van der Waals surface area contributed by atoms with E-state index in [1.807, 2.05) is 41.0 Å². The highest BCUT2D eigenvalue weighted by Gasteiger charge is 2.32. The Morgan fingerprint density at radius 2 is 1.48 bits per heavy atom. The molecular formula is C34H49N5O4SSi2. The van der Waals surface area contributed by atoms with Gasteiger partial charge in [-0.3, -0.25) is 4.98 Å². The van der Waals surface area contributed by atoms with Crippen molar-refractivity contribution in [2.24, 2.45) is 0 Å². The van der Waals surface area contributed by atoms with Gasteiger partial charge in [-0.2, -0.15) is 9.61 Å². The number of sulfone groups is 1. The van der Waals surface area contributed by atoms with Gasteiger partial charge in [0.1, 0.15) is 29.1 Å². The van der Waals surface area contributed by atoms with Crippen molar-refractivity contribution in [1.29, 1.82) is 0 Å². The van der Waals surface area contributed by atoms with Gasteiger partial charge in [-0.15, -0.1) is 0 Å². The summed E-state index contributed by atoms with van der Waals surface area (Å²) in [5.41, 5.74) is 5.31. The molecule has 1 fully saturated rings. The maximum absolute atomic E-state index is 12.5. The molecule has 1 aliphatic rings. The minimum atomic E-state index is -3.05. The second-order valence-corrected chi connectivity index (χ2v) is 28.3. The average Bonchev–Trinajstić information content (AvgIpc) is 3.48. The first-order valence-electron chi connectivity index (χ1n) is 16.3. The second-order valence-electron chi connectivity index (χ2n) is 14.8. The van der Waals surface area contributed by atoms with Crippen molar-refractivity contribution in [1.82, 2.24) is 19.6 Å². The van der Waals surface area contributed by atoms with E-state index in [0.29, 0.717) is 45.2 Å². The van der Waals surface area contributed by atoms with Crippen LogP contribution in [0, 0.1) is 0 Å². The van der Waals surface area contributed by atoms with Gasteiger partial charge in [0.2, 0.25) is 0 Å². The number of nitrogens with zero attached hydrogens (tertiary/aromatic N) is 5. The van der Waals surface area contributed by atoms with Crippen LogP contribution in [0.3, 0.4) is 0 Å². The Hall–Kier alpha value is -2.91. The number of anilines is 1. The Kier molecular flexibility index (Phi) is 10.8. The first-order valence-corrected chi connectivity index (χ1v) is 25.5. The third kappa shape index (κ3) is 9.12. The molecule has 0 radical (unpaired) electrons. The fourth-order valence-corrected chi connectivity index (χ4v) is 8.56. The summed E-state index contributed by atoms with van der Waals surface area (Å²) in [6.45, 7) is 16.1. The Balaban J connectivity index is 1.61. The quantitative estimate of drug-likeness (QED) is 0.0786. The van der Waals surface area contributed by atoms with E-state index in [2.05, 4.69) is 62.4 Å². The molecule has 0 bridgehead atoms. The minimum Gasteiger partial charge on any atom is -0.361 e. The third-order valence-electron chi connectivity index (χ3n) is 8.39. The highest BCUT2D eigenvalue weighted by Crippen LogP contribution is 2.41. The number of hydrogen-bond donors (Lipinski definition) is 0. The molecule has 1 saturated heterocycles. The summed E-state index contributed by atoms with van der Waals surface area (Å²) in [5, 5.41) is 4.73. The summed E-state index contributed by atoms with van der Waals surface area (Å²) >= 11 is 0. The summed E-state index contributed by atoms with van der Waals surface area (Å²) in [6, 6.07) is 18.3. The van der Waals surface area contributed by atoms with Crippen molar-refractivity contribution >= 4 is 37.5 Å². The predicted molar refractivity (Wildman–Crippen MR) is 193 cm³/mol. The molecule has 4 aromatic rings. The maximum atomic E-state index is 12.5. The van der Waals surface area contributed by atoms with Crippen LogP contribution in [0.1, 0.15) is 24.5 Å². The SMILES string of the molecule is C[Si](C)(C)CCOCN(COCC[Si](C)(C)C)c1c(-c2ccc(-c3ccccc3)nc2)c(C2CCS(=O)(=O)CC2)nc2ccnn12. The van der Waals surface area contributed by atoms with Gasteiger partial charge >= 0.3 is 0 Å². The van der Waals surface area contributed by atoms with Crippen LogP contribution in [0.2, 0.25) is 51.4 Å². The van der Waals surface area contributed by atoms with Gasteiger partial charge < -0.3 is 14.4 Å². The van der Waals surface area contributed by atoms with Crippen LogP contribution < -0.4 is 4.90 Å². The zero-order valence-corrected chi connectivity index (χ0v) is 31.0. The standard InChI is InChI=1S/C34H49N5O4SSi2/c1-45(2,3)22-18-42-25-38(26-43-19-23-46(4,5)6)34-32(29-12-13-30(35-24-29)27-10-8-7-9-11-27)33(37-31-14-17-36-39(31)34)28-15-20-44(40,41)21-16-28/h7-14,17,24,28H,15-16,18-23,25-26H2,1-6H3. The fourth-order valence-electron chi connectivity index (χ4n) is 5.56. The summed E-state index contributed by atoms with van der Waals surface area (Å²) in [4.78, 5) is 12.2. The molecule has 46 heavy (non-hydrogen) atoms. The fraction of sp³-hybridized carbons (Fsp3) is 0.500. The van der Waals surface area contributed by atoms with Gasteiger partial charge in [-0.1, -0.05) is 75.7 Å². The molecule has 0 saturated carbocycles. The number of aromatic nitrogens is 4. The van der Waals surface area contributed by atoms with Gasteiger partial charge in [-0.05, 0) is 31.0 Å². The molecule has 0 N–H and O–H groups in total. The molecule has 5 rings (SSSR count). The summed E-state index contributed by atoms with van der Waals surface area (Å²) in [5.74, 6) is 1.13. The molecule has 1 aliphatic heterocycles. The highest BCUT2D eigenvalue weighted by molar-refractivity contribution is 7.91. The van der Waals surface area contributed by atoms with Crippen LogP contribution in [0.15, 0.2) is 60.9 Å². The van der Waals surface area contributed by atoms with Crippen LogP contribution >= 0.6 is 0 Å². The van der Waals surface area contributed by atoms with E-state index in [1.165, 1.54) is 0 Å². The zero-order valence-electron chi connectivity index (χ0n) is 28.2. The second kappa shape index (κ2) is 14.5. The van der Waals surface area contributed by atoms with E-state index in [4.69, 9.17) is 24.5 Å². The van der Waals surface area contributed by atoms with Crippen LogP contribution in [0.4, 0.5) is 5.82 Å². The topological polar surface area (TPSA) is 98.9 Å². The van der Waals surface area contributed by atoms with Gasteiger partial charge in [0.05, 0.1) is 29.1 Å². The van der Waals surface area contributed by atoms with E-state index in [1.54, 1.807) is 6.20 Å². The average molecular weight is 680 g/mol. The van der Waals surface area contributed by atoms with Crippen LogP contribution in [0.5, 0.6) is 0 Å². The molecule has 0 amide bonds. The van der Waals surface area contributed by atoms with Crippen molar-refractivity contribution in [2.45, 2.75) is 70.1 Å². The largest absolute Gasteiger partial charge is 0.361 e.